The normalized spacial score (nSPS) is 12.7. The summed E-state index contributed by atoms with van der Waals surface area (Å²) in [7, 11) is 0. The molecule has 8 heteroatoms. The Hall–Kier alpha value is -2.93. The van der Waals surface area contributed by atoms with Crippen molar-refractivity contribution in [3.8, 4) is 0 Å². The summed E-state index contributed by atoms with van der Waals surface area (Å²) < 4.78 is 13.4. The zero-order valence-electron chi connectivity index (χ0n) is 15.1. The second-order valence-electron chi connectivity index (χ2n) is 6.32. The SMILES string of the molecule is CC(=O)N[C@H](Cc1cccc(F)c1)C(=O)N[C@@H](Cc1cccc(Cl)c1)C(=O)O. The average Bonchev–Trinajstić information content (AvgIpc) is 2.60. The lowest BCUT2D eigenvalue weighted by Crippen LogP contribution is -2.52. The molecule has 0 spiro atoms. The number of amides is 2. The Morgan fingerprint density at radius 1 is 1.00 bits per heavy atom. The fourth-order valence-corrected chi connectivity index (χ4v) is 2.94. The van der Waals surface area contributed by atoms with Gasteiger partial charge in [0.05, 0.1) is 0 Å². The Morgan fingerprint density at radius 2 is 1.61 bits per heavy atom. The Balaban J connectivity index is 2.14. The minimum absolute atomic E-state index is 0.0205. The maximum absolute atomic E-state index is 13.4. The van der Waals surface area contributed by atoms with Gasteiger partial charge in [0.1, 0.15) is 17.9 Å². The van der Waals surface area contributed by atoms with Crippen LogP contribution >= 0.6 is 11.6 Å². The number of carbonyl (C=O) groups excluding carboxylic acids is 2. The highest BCUT2D eigenvalue weighted by Gasteiger charge is 2.26. The van der Waals surface area contributed by atoms with Crippen LogP contribution in [0.15, 0.2) is 48.5 Å². The molecule has 0 aliphatic carbocycles. The van der Waals surface area contributed by atoms with Crippen molar-refractivity contribution in [3.63, 3.8) is 0 Å². The quantitative estimate of drug-likeness (QED) is 0.627. The van der Waals surface area contributed by atoms with E-state index in [4.69, 9.17) is 11.6 Å². The maximum atomic E-state index is 13.4. The van der Waals surface area contributed by atoms with Crippen molar-refractivity contribution in [2.75, 3.05) is 0 Å². The number of nitrogens with one attached hydrogen (secondary N) is 2. The summed E-state index contributed by atoms with van der Waals surface area (Å²) in [5, 5.41) is 14.8. The van der Waals surface area contributed by atoms with Crippen LogP contribution in [-0.4, -0.2) is 35.0 Å². The summed E-state index contributed by atoms with van der Waals surface area (Å²) in [6.45, 7) is 1.24. The minimum atomic E-state index is -1.22. The van der Waals surface area contributed by atoms with Gasteiger partial charge < -0.3 is 15.7 Å². The summed E-state index contributed by atoms with van der Waals surface area (Å²) in [6.07, 6.45) is 0.0427. The van der Waals surface area contributed by atoms with E-state index in [9.17, 15) is 23.9 Å². The number of hydrogen-bond donors (Lipinski definition) is 3. The number of halogens is 2. The zero-order valence-corrected chi connectivity index (χ0v) is 15.9. The molecule has 0 fully saturated rings. The Bertz CT molecular complexity index is 875. The topological polar surface area (TPSA) is 95.5 Å². The van der Waals surface area contributed by atoms with Gasteiger partial charge in [-0.05, 0) is 35.4 Å². The number of carboxylic acid groups (broad SMARTS) is 1. The predicted molar refractivity (Wildman–Crippen MR) is 102 cm³/mol. The van der Waals surface area contributed by atoms with Gasteiger partial charge in [0.15, 0.2) is 0 Å². The molecule has 0 bridgehead atoms. The van der Waals surface area contributed by atoms with E-state index in [0.29, 0.717) is 16.1 Å². The second-order valence-corrected chi connectivity index (χ2v) is 6.76. The molecule has 2 aromatic rings. The van der Waals surface area contributed by atoms with E-state index in [1.54, 1.807) is 30.3 Å². The van der Waals surface area contributed by atoms with Crippen molar-refractivity contribution >= 4 is 29.4 Å². The molecule has 2 aromatic carbocycles. The summed E-state index contributed by atoms with van der Waals surface area (Å²) in [4.78, 5) is 35.7. The third kappa shape index (κ3) is 6.66. The molecule has 2 rings (SSSR count). The Labute approximate surface area is 166 Å². The zero-order chi connectivity index (χ0) is 20.7. The molecule has 148 valence electrons. The first-order valence-electron chi connectivity index (χ1n) is 8.53. The lowest BCUT2D eigenvalue weighted by molar-refractivity contribution is -0.142. The van der Waals surface area contributed by atoms with Crippen LogP contribution in [-0.2, 0) is 27.2 Å². The van der Waals surface area contributed by atoms with Crippen LogP contribution in [0.1, 0.15) is 18.1 Å². The highest BCUT2D eigenvalue weighted by atomic mass is 35.5. The van der Waals surface area contributed by atoms with Crippen LogP contribution in [0.25, 0.3) is 0 Å². The smallest absolute Gasteiger partial charge is 0.326 e. The van der Waals surface area contributed by atoms with Crippen LogP contribution < -0.4 is 10.6 Å². The lowest BCUT2D eigenvalue weighted by Gasteiger charge is -2.21. The lowest BCUT2D eigenvalue weighted by atomic mass is 10.0. The van der Waals surface area contributed by atoms with E-state index in [1.807, 2.05) is 0 Å². The number of carboxylic acids is 1. The van der Waals surface area contributed by atoms with Crippen LogP contribution in [0.4, 0.5) is 4.39 Å². The van der Waals surface area contributed by atoms with E-state index in [1.165, 1.54) is 25.1 Å². The first kappa shape index (κ1) is 21.4. The number of carbonyl (C=O) groups is 3. The summed E-state index contributed by atoms with van der Waals surface area (Å²) in [5.41, 5.74) is 1.14. The van der Waals surface area contributed by atoms with E-state index in [2.05, 4.69) is 10.6 Å². The molecule has 0 saturated carbocycles. The highest BCUT2D eigenvalue weighted by molar-refractivity contribution is 6.30. The fourth-order valence-electron chi connectivity index (χ4n) is 2.73. The van der Waals surface area contributed by atoms with Gasteiger partial charge in [-0.1, -0.05) is 35.9 Å². The number of hydrogen-bond acceptors (Lipinski definition) is 3. The second kappa shape index (κ2) is 9.85. The molecule has 0 saturated heterocycles. The molecular weight excluding hydrogens is 387 g/mol. The Kier molecular flexibility index (Phi) is 7.52. The monoisotopic (exact) mass is 406 g/mol. The number of rotatable bonds is 8. The minimum Gasteiger partial charge on any atom is -0.480 e. The largest absolute Gasteiger partial charge is 0.480 e. The van der Waals surface area contributed by atoms with Crippen molar-refractivity contribution in [2.45, 2.75) is 31.8 Å². The van der Waals surface area contributed by atoms with Crippen molar-refractivity contribution in [1.82, 2.24) is 10.6 Å². The molecular formula is C20H20ClFN2O4. The first-order valence-corrected chi connectivity index (χ1v) is 8.91. The van der Waals surface area contributed by atoms with Crippen molar-refractivity contribution < 1.29 is 23.9 Å². The van der Waals surface area contributed by atoms with Crippen molar-refractivity contribution in [1.29, 1.82) is 0 Å². The predicted octanol–water partition coefficient (Wildman–Crippen LogP) is 2.34. The Morgan fingerprint density at radius 3 is 2.18 bits per heavy atom. The molecule has 6 nitrogen and oxygen atoms in total. The van der Waals surface area contributed by atoms with E-state index < -0.39 is 35.7 Å². The van der Waals surface area contributed by atoms with Gasteiger partial charge in [-0.3, -0.25) is 9.59 Å². The number of benzene rings is 2. The molecule has 28 heavy (non-hydrogen) atoms. The first-order chi connectivity index (χ1) is 13.2. The highest BCUT2D eigenvalue weighted by Crippen LogP contribution is 2.13. The molecule has 3 N–H and O–H groups in total. The fraction of sp³-hybridized carbons (Fsp3) is 0.250. The molecule has 0 radical (unpaired) electrons. The summed E-state index contributed by atoms with van der Waals surface area (Å²) >= 11 is 5.91. The summed E-state index contributed by atoms with van der Waals surface area (Å²) in [5.74, 6) is -2.82. The van der Waals surface area contributed by atoms with E-state index in [0.717, 1.165) is 0 Å². The molecule has 0 heterocycles. The van der Waals surface area contributed by atoms with E-state index >= 15 is 0 Å². The molecule has 2 atom stereocenters. The van der Waals surface area contributed by atoms with Gasteiger partial charge in [0, 0.05) is 24.8 Å². The molecule has 0 aliphatic heterocycles. The third-order valence-electron chi connectivity index (χ3n) is 3.97. The summed E-state index contributed by atoms with van der Waals surface area (Å²) in [6, 6.07) is 10.0. The van der Waals surface area contributed by atoms with E-state index in [-0.39, 0.29) is 12.8 Å². The van der Waals surface area contributed by atoms with Gasteiger partial charge in [0.2, 0.25) is 11.8 Å². The molecule has 0 aromatic heterocycles. The van der Waals surface area contributed by atoms with Crippen LogP contribution in [0.5, 0.6) is 0 Å². The third-order valence-corrected chi connectivity index (χ3v) is 4.20. The molecule has 0 aliphatic rings. The van der Waals surface area contributed by atoms with Crippen LogP contribution in [0.2, 0.25) is 5.02 Å². The van der Waals surface area contributed by atoms with Crippen LogP contribution in [0, 0.1) is 5.82 Å². The van der Waals surface area contributed by atoms with Crippen LogP contribution in [0.3, 0.4) is 0 Å². The van der Waals surface area contributed by atoms with Gasteiger partial charge in [-0.2, -0.15) is 0 Å². The molecule has 0 unspecified atom stereocenters. The van der Waals surface area contributed by atoms with Gasteiger partial charge in [0.25, 0.3) is 0 Å². The standard InChI is InChI=1S/C20H20ClFN2O4/c1-12(25)23-17(10-14-5-3-7-16(22)9-14)19(26)24-18(20(27)28)11-13-4-2-6-15(21)8-13/h2-9,17-18H,10-11H2,1H3,(H,23,25)(H,24,26)(H,27,28)/t17-,18+/m1/s1. The van der Waals surface area contributed by atoms with Gasteiger partial charge in [-0.25, -0.2) is 9.18 Å². The maximum Gasteiger partial charge on any atom is 0.326 e. The van der Waals surface area contributed by atoms with Crippen molar-refractivity contribution in [2.24, 2.45) is 0 Å². The average molecular weight is 407 g/mol. The van der Waals surface area contributed by atoms with Crippen molar-refractivity contribution in [3.05, 3.63) is 70.5 Å². The van der Waals surface area contributed by atoms with Gasteiger partial charge in [-0.15, -0.1) is 0 Å². The molecule has 2 amide bonds. The number of aliphatic carboxylic acids is 1. The van der Waals surface area contributed by atoms with Gasteiger partial charge >= 0.3 is 5.97 Å².